The van der Waals surface area contributed by atoms with Crippen LogP contribution in [-0.4, -0.2) is 66.0 Å². The van der Waals surface area contributed by atoms with Gasteiger partial charge >= 0.3 is 0 Å². The van der Waals surface area contributed by atoms with E-state index in [1.165, 1.54) is 0 Å². The number of nitrogens with zero attached hydrogens (tertiary/aromatic N) is 3. The Morgan fingerprint density at radius 2 is 1.97 bits per heavy atom. The minimum Gasteiger partial charge on any atom is -0.487 e. The molecule has 1 aromatic carbocycles. The molecule has 3 heterocycles. The summed E-state index contributed by atoms with van der Waals surface area (Å²) >= 11 is 0. The fourth-order valence-corrected chi connectivity index (χ4v) is 3.95. The van der Waals surface area contributed by atoms with E-state index >= 15 is 0 Å². The lowest BCUT2D eigenvalue weighted by molar-refractivity contribution is 0.0773. The Balaban J connectivity index is 0.00000160. The number of aryl methyl sites for hydroxylation is 1. The van der Waals surface area contributed by atoms with Gasteiger partial charge in [-0.3, -0.25) is 14.7 Å². The number of likely N-dealkylation sites (tertiary alicyclic amines) is 1. The molecule has 8 heteroatoms. The molecule has 4 rings (SSSR count). The summed E-state index contributed by atoms with van der Waals surface area (Å²) < 4.78 is 5.80. The standard InChI is InChI=1S/C22H28N4O2.2ClH/c1-17-5-6-21(14-24-17)28-16-18-3-2-4-19(13-18)22(27)26-10-7-20(15-26)25-11-8-23-9-12-25;;/h2-6,13-14,20,23H,7-12,15-16H2,1H3;2*1H. The van der Waals surface area contributed by atoms with Gasteiger partial charge in [-0.2, -0.15) is 0 Å². The molecule has 0 aliphatic carbocycles. The third-order valence-electron chi connectivity index (χ3n) is 5.58. The van der Waals surface area contributed by atoms with Crippen LogP contribution in [0, 0.1) is 6.92 Å². The van der Waals surface area contributed by atoms with Crippen LogP contribution < -0.4 is 10.1 Å². The maximum atomic E-state index is 13.0. The van der Waals surface area contributed by atoms with E-state index in [1.807, 2.05) is 48.2 Å². The van der Waals surface area contributed by atoms with E-state index in [0.29, 0.717) is 12.6 Å². The smallest absolute Gasteiger partial charge is 0.253 e. The van der Waals surface area contributed by atoms with Crippen molar-refractivity contribution in [3.8, 4) is 5.75 Å². The van der Waals surface area contributed by atoms with Crippen molar-refractivity contribution in [2.45, 2.75) is 26.0 Å². The lowest BCUT2D eigenvalue weighted by Crippen LogP contribution is -2.49. The maximum absolute atomic E-state index is 13.0. The number of carbonyl (C=O) groups is 1. The van der Waals surface area contributed by atoms with Crippen molar-refractivity contribution < 1.29 is 9.53 Å². The highest BCUT2D eigenvalue weighted by atomic mass is 35.5. The van der Waals surface area contributed by atoms with E-state index in [1.54, 1.807) is 6.20 Å². The van der Waals surface area contributed by atoms with E-state index in [9.17, 15) is 4.79 Å². The Morgan fingerprint density at radius 1 is 1.17 bits per heavy atom. The molecule has 164 valence electrons. The number of nitrogens with one attached hydrogen (secondary N) is 1. The highest BCUT2D eigenvalue weighted by molar-refractivity contribution is 5.94. The molecule has 1 aromatic heterocycles. The molecule has 2 fully saturated rings. The number of carbonyl (C=O) groups excluding carboxylic acids is 1. The summed E-state index contributed by atoms with van der Waals surface area (Å²) in [7, 11) is 0. The van der Waals surface area contributed by atoms with Crippen LogP contribution in [0.3, 0.4) is 0 Å². The van der Waals surface area contributed by atoms with Gasteiger partial charge in [-0.05, 0) is 43.2 Å². The van der Waals surface area contributed by atoms with Gasteiger partial charge in [-0.15, -0.1) is 24.8 Å². The van der Waals surface area contributed by atoms with Crippen molar-refractivity contribution in [2.24, 2.45) is 0 Å². The first kappa shape index (κ1) is 24.4. The van der Waals surface area contributed by atoms with Crippen LogP contribution in [-0.2, 0) is 6.61 Å². The normalized spacial score (nSPS) is 19.0. The van der Waals surface area contributed by atoms with Gasteiger partial charge in [-0.25, -0.2) is 0 Å². The molecule has 1 amide bonds. The van der Waals surface area contributed by atoms with Gasteiger partial charge in [0.05, 0.1) is 6.20 Å². The van der Waals surface area contributed by atoms with E-state index < -0.39 is 0 Å². The number of ether oxygens (including phenoxy) is 1. The number of benzene rings is 1. The van der Waals surface area contributed by atoms with Gasteiger partial charge in [0.25, 0.3) is 5.91 Å². The van der Waals surface area contributed by atoms with Crippen LogP contribution in [0.15, 0.2) is 42.6 Å². The molecule has 2 aliphatic rings. The summed E-state index contributed by atoms with van der Waals surface area (Å²) in [6.45, 7) is 8.28. The monoisotopic (exact) mass is 452 g/mol. The third-order valence-corrected chi connectivity index (χ3v) is 5.58. The van der Waals surface area contributed by atoms with Crippen molar-refractivity contribution in [3.05, 3.63) is 59.4 Å². The number of amides is 1. The van der Waals surface area contributed by atoms with Crippen molar-refractivity contribution in [2.75, 3.05) is 39.3 Å². The molecule has 1 unspecified atom stereocenters. The van der Waals surface area contributed by atoms with Crippen LogP contribution in [0.4, 0.5) is 0 Å². The molecule has 2 aromatic rings. The molecule has 1 N–H and O–H groups in total. The fourth-order valence-electron chi connectivity index (χ4n) is 3.95. The van der Waals surface area contributed by atoms with E-state index in [0.717, 1.165) is 68.3 Å². The van der Waals surface area contributed by atoms with Crippen LogP contribution in [0.25, 0.3) is 0 Å². The summed E-state index contributed by atoms with van der Waals surface area (Å²) in [6.07, 6.45) is 2.79. The predicted octanol–water partition coefficient (Wildman–Crippen LogP) is 2.93. The third kappa shape index (κ3) is 6.08. The number of pyridine rings is 1. The Hall–Kier alpha value is -1.86. The van der Waals surface area contributed by atoms with Gasteiger partial charge in [0.15, 0.2) is 0 Å². The SMILES string of the molecule is Cc1ccc(OCc2cccc(C(=O)N3CCC(N4CCNCC4)C3)c2)cn1.Cl.Cl. The van der Waals surface area contributed by atoms with Crippen LogP contribution >= 0.6 is 24.8 Å². The summed E-state index contributed by atoms with van der Waals surface area (Å²) in [6, 6.07) is 12.1. The van der Waals surface area contributed by atoms with E-state index in [-0.39, 0.29) is 30.7 Å². The Labute approximate surface area is 190 Å². The number of rotatable bonds is 5. The number of piperazine rings is 1. The number of halogens is 2. The highest BCUT2D eigenvalue weighted by Gasteiger charge is 2.31. The molecular weight excluding hydrogens is 423 g/mol. The minimum absolute atomic E-state index is 0. The number of hydrogen-bond acceptors (Lipinski definition) is 5. The van der Waals surface area contributed by atoms with Crippen molar-refractivity contribution in [1.29, 1.82) is 0 Å². The Morgan fingerprint density at radius 3 is 2.70 bits per heavy atom. The van der Waals surface area contributed by atoms with Gasteiger partial charge < -0.3 is 15.0 Å². The second-order valence-corrected chi connectivity index (χ2v) is 7.60. The minimum atomic E-state index is 0. The Kier molecular flexibility index (Phi) is 9.37. The first-order valence-corrected chi connectivity index (χ1v) is 10.1. The van der Waals surface area contributed by atoms with E-state index in [4.69, 9.17) is 4.74 Å². The quantitative estimate of drug-likeness (QED) is 0.755. The molecule has 0 spiro atoms. The summed E-state index contributed by atoms with van der Waals surface area (Å²) in [4.78, 5) is 21.7. The van der Waals surface area contributed by atoms with Gasteiger partial charge in [-0.1, -0.05) is 12.1 Å². The molecule has 0 saturated carbocycles. The topological polar surface area (TPSA) is 57.7 Å². The largest absolute Gasteiger partial charge is 0.487 e. The zero-order valence-corrected chi connectivity index (χ0v) is 18.9. The summed E-state index contributed by atoms with van der Waals surface area (Å²) in [5, 5.41) is 3.39. The zero-order valence-electron chi connectivity index (χ0n) is 17.3. The lowest BCUT2D eigenvalue weighted by atomic mass is 10.1. The average molecular weight is 453 g/mol. The van der Waals surface area contributed by atoms with Crippen molar-refractivity contribution in [3.63, 3.8) is 0 Å². The molecule has 30 heavy (non-hydrogen) atoms. The Bertz CT molecular complexity index is 813. The molecular formula is C22H30Cl2N4O2. The van der Waals surface area contributed by atoms with Crippen LogP contribution in [0.1, 0.15) is 28.0 Å². The number of aromatic nitrogens is 1. The number of hydrogen-bond donors (Lipinski definition) is 1. The van der Waals surface area contributed by atoms with Crippen molar-refractivity contribution in [1.82, 2.24) is 20.1 Å². The molecule has 1 atom stereocenters. The van der Waals surface area contributed by atoms with E-state index in [2.05, 4.69) is 15.2 Å². The summed E-state index contributed by atoms with van der Waals surface area (Å²) in [5.41, 5.74) is 2.69. The van der Waals surface area contributed by atoms with Gasteiger partial charge in [0.2, 0.25) is 0 Å². The predicted molar refractivity (Wildman–Crippen MR) is 123 cm³/mol. The summed E-state index contributed by atoms with van der Waals surface area (Å²) in [5.74, 6) is 0.859. The maximum Gasteiger partial charge on any atom is 0.253 e. The second kappa shape index (κ2) is 11.5. The molecule has 6 nitrogen and oxygen atoms in total. The second-order valence-electron chi connectivity index (χ2n) is 7.60. The average Bonchev–Trinajstić information content (AvgIpc) is 3.24. The zero-order chi connectivity index (χ0) is 19.3. The molecule has 0 bridgehead atoms. The molecule has 2 saturated heterocycles. The lowest BCUT2D eigenvalue weighted by Gasteiger charge is -2.32. The van der Waals surface area contributed by atoms with Crippen molar-refractivity contribution >= 4 is 30.7 Å². The molecule has 0 radical (unpaired) electrons. The highest BCUT2D eigenvalue weighted by Crippen LogP contribution is 2.20. The van der Waals surface area contributed by atoms with Gasteiger partial charge in [0.1, 0.15) is 12.4 Å². The fraction of sp³-hybridized carbons (Fsp3) is 0.455. The first-order valence-electron chi connectivity index (χ1n) is 10.1. The first-order chi connectivity index (χ1) is 13.7. The van der Waals surface area contributed by atoms with Crippen LogP contribution in [0.2, 0.25) is 0 Å². The van der Waals surface area contributed by atoms with Gasteiger partial charge in [0, 0.05) is 56.6 Å². The van der Waals surface area contributed by atoms with Crippen LogP contribution in [0.5, 0.6) is 5.75 Å². The molecule has 2 aliphatic heterocycles.